The monoisotopic (exact) mass is 297 g/mol. The molecular weight excluding hydrogens is 278 g/mol. The van der Waals surface area contributed by atoms with Gasteiger partial charge in [-0.1, -0.05) is 6.07 Å². The Balaban J connectivity index is 1.36. The van der Waals surface area contributed by atoms with Gasteiger partial charge in [-0.3, -0.25) is 14.7 Å². The van der Waals surface area contributed by atoms with Crippen LogP contribution in [-0.2, 0) is 6.54 Å². The van der Waals surface area contributed by atoms with Crippen molar-refractivity contribution in [2.24, 2.45) is 11.8 Å². The predicted octanol–water partition coefficient (Wildman–Crippen LogP) is 1.88. The van der Waals surface area contributed by atoms with Crippen LogP contribution in [0.2, 0.25) is 0 Å². The minimum absolute atomic E-state index is 0.0967. The molecule has 0 N–H and O–H groups in total. The van der Waals surface area contributed by atoms with Crippen LogP contribution in [0.15, 0.2) is 47.4 Å². The lowest BCUT2D eigenvalue weighted by molar-refractivity contribution is 0.0772. The van der Waals surface area contributed by atoms with Gasteiger partial charge in [-0.2, -0.15) is 0 Å². The molecule has 0 unspecified atom stereocenters. The van der Waals surface area contributed by atoms with Gasteiger partial charge in [0.25, 0.3) is 5.91 Å². The van der Waals surface area contributed by atoms with Gasteiger partial charge in [-0.25, -0.2) is 0 Å². The molecule has 0 radical (unpaired) electrons. The fourth-order valence-electron chi connectivity index (χ4n) is 3.67. The molecule has 2 saturated heterocycles. The highest BCUT2D eigenvalue weighted by Gasteiger charge is 2.41. The molecule has 2 aromatic heterocycles. The number of hydrogen-bond donors (Lipinski definition) is 0. The van der Waals surface area contributed by atoms with Crippen LogP contribution in [-0.4, -0.2) is 46.9 Å². The van der Waals surface area contributed by atoms with Crippen molar-refractivity contribution in [3.05, 3.63) is 54.2 Å². The van der Waals surface area contributed by atoms with Crippen LogP contribution in [0.5, 0.6) is 0 Å². The Labute approximate surface area is 129 Å². The van der Waals surface area contributed by atoms with Gasteiger partial charge in [-0.05, 0) is 30.0 Å². The SMILES string of the molecule is O=C(c1ccoc1)N1C[C@@H]2CN(Cc3ccccn3)C[C@H]2C1. The summed E-state index contributed by atoms with van der Waals surface area (Å²) in [6.07, 6.45) is 4.93. The number of furan rings is 1. The van der Waals surface area contributed by atoms with Gasteiger partial charge in [-0.15, -0.1) is 0 Å². The van der Waals surface area contributed by atoms with E-state index in [1.165, 1.54) is 6.26 Å². The molecule has 2 fully saturated rings. The predicted molar refractivity (Wildman–Crippen MR) is 81.1 cm³/mol. The van der Waals surface area contributed by atoms with Gasteiger partial charge in [0.05, 0.1) is 17.5 Å². The van der Waals surface area contributed by atoms with E-state index in [0.29, 0.717) is 17.4 Å². The second kappa shape index (κ2) is 5.57. The van der Waals surface area contributed by atoms with Gasteiger partial charge in [0.15, 0.2) is 0 Å². The average Bonchev–Trinajstić information content (AvgIpc) is 3.23. The van der Waals surface area contributed by atoms with E-state index >= 15 is 0 Å². The summed E-state index contributed by atoms with van der Waals surface area (Å²) in [6.45, 7) is 4.72. The van der Waals surface area contributed by atoms with E-state index < -0.39 is 0 Å². The molecule has 5 heteroatoms. The first kappa shape index (κ1) is 13.5. The van der Waals surface area contributed by atoms with Crippen LogP contribution in [0.4, 0.5) is 0 Å². The number of hydrogen-bond acceptors (Lipinski definition) is 4. The van der Waals surface area contributed by atoms with E-state index in [0.717, 1.165) is 38.4 Å². The Morgan fingerprint density at radius 2 is 2.00 bits per heavy atom. The van der Waals surface area contributed by atoms with E-state index in [2.05, 4.69) is 16.0 Å². The van der Waals surface area contributed by atoms with E-state index in [9.17, 15) is 4.79 Å². The molecule has 2 atom stereocenters. The molecule has 2 aliphatic heterocycles. The highest BCUT2D eigenvalue weighted by molar-refractivity contribution is 5.94. The first-order chi connectivity index (χ1) is 10.8. The highest BCUT2D eigenvalue weighted by Crippen LogP contribution is 2.32. The standard InChI is InChI=1S/C17H19N3O2/c21-17(13-4-6-22-12-13)20-9-14-7-19(8-15(14)10-20)11-16-3-1-2-5-18-16/h1-6,12,14-15H,7-11H2/t14-,15-/m0/s1. The number of carbonyl (C=O) groups is 1. The molecule has 4 heterocycles. The number of aromatic nitrogens is 1. The highest BCUT2D eigenvalue weighted by atomic mass is 16.3. The molecule has 1 amide bonds. The first-order valence-electron chi connectivity index (χ1n) is 7.73. The Hall–Kier alpha value is -2.14. The summed E-state index contributed by atoms with van der Waals surface area (Å²) in [7, 11) is 0. The van der Waals surface area contributed by atoms with Crippen molar-refractivity contribution in [1.82, 2.24) is 14.8 Å². The van der Waals surface area contributed by atoms with Crippen molar-refractivity contribution in [3.63, 3.8) is 0 Å². The zero-order valence-corrected chi connectivity index (χ0v) is 12.4. The molecule has 0 bridgehead atoms. The molecule has 0 spiro atoms. The molecule has 114 valence electrons. The number of amides is 1. The second-order valence-electron chi connectivity index (χ2n) is 6.26. The average molecular weight is 297 g/mol. The van der Waals surface area contributed by atoms with Crippen molar-refractivity contribution in [2.45, 2.75) is 6.54 Å². The summed E-state index contributed by atoms with van der Waals surface area (Å²) in [5.41, 5.74) is 1.78. The number of fused-ring (bicyclic) bond motifs is 1. The lowest BCUT2D eigenvalue weighted by Crippen LogP contribution is -2.33. The minimum Gasteiger partial charge on any atom is -0.472 e. The van der Waals surface area contributed by atoms with Crippen molar-refractivity contribution >= 4 is 5.91 Å². The van der Waals surface area contributed by atoms with Crippen molar-refractivity contribution in [1.29, 1.82) is 0 Å². The molecule has 22 heavy (non-hydrogen) atoms. The molecule has 5 nitrogen and oxygen atoms in total. The molecule has 0 saturated carbocycles. The fraction of sp³-hybridized carbons (Fsp3) is 0.412. The van der Waals surface area contributed by atoms with Gasteiger partial charge < -0.3 is 9.32 Å². The van der Waals surface area contributed by atoms with E-state index in [1.807, 2.05) is 23.2 Å². The maximum atomic E-state index is 12.4. The summed E-state index contributed by atoms with van der Waals surface area (Å²) in [5, 5.41) is 0. The normalized spacial score (nSPS) is 24.6. The summed E-state index contributed by atoms with van der Waals surface area (Å²) < 4.78 is 5.01. The third-order valence-electron chi connectivity index (χ3n) is 4.73. The quantitative estimate of drug-likeness (QED) is 0.868. The third kappa shape index (κ3) is 2.52. The van der Waals surface area contributed by atoms with Crippen LogP contribution in [0.3, 0.4) is 0 Å². The maximum Gasteiger partial charge on any atom is 0.257 e. The molecule has 0 aliphatic carbocycles. The Kier molecular flexibility index (Phi) is 3.42. The fourth-order valence-corrected chi connectivity index (χ4v) is 3.67. The van der Waals surface area contributed by atoms with Crippen molar-refractivity contribution in [2.75, 3.05) is 26.2 Å². The number of rotatable bonds is 3. The third-order valence-corrected chi connectivity index (χ3v) is 4.73. The summed E-state index contributed by atoms with van der Waals surface area (Å²) >= 11 is 0. The van der Waals surface area contributed by atoms with Gasteiger partial charge >= 0.3 is 0 Å². The number of nitrogens with zero attached hydrogens (tertiary/aromatic N) is 3. The minimum atomic E-state index is 0.0967. The van der Waals surface area contributed by atoms with Crippen LogP contribution >= 0.6 is 0 Å². The van der Waals surface area contributed by atoms with Gasteiger partial charge in [0, 0.05) is 38.9 Å². The Morgan fingerprint density at radius 1 is 1.18 bits per heavy atom. The Morgan fingerprint density at radius 3 is 2.64 bits per heavy atom. The Bertz CT molecular complexity index is 627. The van der Waals surface area contributed by atoms with Crippen LogP contribution in [0.25, 0.3) is 0 Å². The van der Waals surface area contributed by atoms with Crippen LogP contribution in [0.1, 0.15) is 16.1 Å². The molecular formula is C17H19N3O2. The van der Waals surface area contributed by atoms with Gasteiger partial charge in [0.2, 0.25) is 0 Å². The smallest absolute Gasteiger partial charge is 0.257 e. The first-order valence-corrected chi connectivity index (χ1v) is 7.73. The zero-order valence-electron chi connectivity index (χ0n) is 12.4. The molecule has 2 aromatic rings. The van der Waals surface area contributed by atoms with Gasteiger partial charge in [0.1, 0.15) is 6.26 Å². The van der Waals surface area contributed by atoms with Crippen molar-refractivity contribution in [3.8, 4) is 0 Å². The topological polar surface area (TPSA) is 49.6 Å². The summed E-state index contributed by atoms with van der Waals surface area (Å²) in [4.78, 5) is 21.2. The summed E-state index contributed by atoms with van der Waals surface area (Å²) in [6, 6.07) is 7.79. The van der Waals surface area contributed by atoms with Crippen molar-refractivity contribution < 1.29 is 9.21 Å². The largest absolute Gasteiger partial charge is 0.472 e. The van der Waals surface area contributed by atoms with E-state index in [-0.39, 0.29) is 5.91 Å². The molecule has 4 rings (SSSR count). The number of likely N-dealkylation sites (tertiary alicyclic amines) is 2. The lowest BCUT2D eigenvalue weighted by atomic mass is 10.0. The van der Waals surface area contributed by atoms with Crippen LogP contribution < -0.4 is 0 Å². The number of carbonyl (C=O) groups excluding carboxylic acids is 1. The lowest BCUT2D eigenvalue weighted by Gasteiger charge is -2.21. The number of pyridine rings is 1. The summed E-state index contributed by atoms with van der Waals surface area (Å²) in [5.74, 6) is 1.26. The van der Waals surface area contributed by atoms with Crippen LogP contribution in [0, 0.1) is 11.8 Å². The van der Waals surface area contributed by atoms with E-state index in [4.69, 9.17) is 4.42 Å². The molecule has 2 aliphatic rings. The van der Waals surface area contributed by atoms with E-state index in [1.54, 1.807) is 12.3 Å². The zero-order chi connectivity index (χ0) is 14.9. The second-order valence-corrected chi connectivity index (χ2v) is 6.26. The maximum absolute atomic E-state index is 12.4. The molecule has 0 aromatic carbocycles.